The number of hydrogen-bond acceptors (Lipinski definition) is 6. The second-order valence-corrected chi connectivity index (χ2v) is 9.17. The molecule has 9 nitrogen and oxygen atoms in total. The van der Waals surface area contributed by atoms with E-state index in [0.29, 0.717) is 22.7 Å². The number of pyridine rings is 1. The van der Waals surface area contributed by atoms with Crippen LogP contribution < -0.4 is 10.6 Å². The number of nitrogens with zero attached hydrogens (tertiary/aromatic N) is 2. The molecule has 1 aliphatic carbocycles. The number of carboxylic acid groups (broad SMARTS) is 1. The maximum Gasteiger partial charge on any atom is 0.325 e. The van der Waals surface area contributed by atoms with Gasteiger partial charge < -0.3 is 20.5 Å². The molecule has 1 fully saturated rings. The van der Waals surface area contributed by atoms with Crippen LogP contribution in [0.15, 0.2) is 42.6 Å². The van der Waals surface area contributed by atoms with Crippen LogP contribution in [0.25, 0.3) is 16.9 Å². The van der Waals surface area contributed by atoms with E-state index in [-0.39, 0.29) is 31.1 Å². The number of halogens is 1. The highest BCUT2D eigenvalue weighted by Crippen LogP contribution is 2.31. The van der Waals surface area contributed by atoms with E-state index < -0.39 is 29.7 Å². The van der Waals surface area contributed by atoms with Crippen molar-refractivity contribution in [1.82, 2.24) is 14.7 Å². The van der Waals surface area contributed by atoms with Gasteiger partial charge in [0.15, 0.2) is 5.65 Å². The van der Waals surface area contributed by atoms with Crippen molar-refractivity contribution in [2.24, 2.45) is 5.92 Å². The molecule has 0 aliphatic heterocycles. The molecule has 0 saturated heterocycles. The van der Waals surface area contributed by atoms with Crippen LogP contribution in [0, 0.1) is 11.7 Å². The predicted molar refractivity (Wildman–Crippen MR) is 136 cm³/mol. The molecule has 1 saturated carbocycles. The first-order valence-corrected chi connectivity index (χ1v) is 12.6. The van der Waals surface area contributed by atoms with Gasteiger partial charge >= 0.3 is 11.9 Å². The van der Waals surface area contributed by atoms with Crippen LogP contribution in [0.3, 0.4) is 0 Å². The van der Waals surface area contributed by atoms with Crippen LogP contribution in [-0.2, 0) is 14.3 Å². The third-order valence-corrected chi connectivity index (χ3v) is 6.65. The number of aliphatic carboxylic acids is 1. The molecule has 0 spiro atoms. The van der Waals surface area contributed by atoms with Crippen LogP contribution in [0.5, 0.6) is 0 Å². The molecule has 1 unspecified atom stereocenters. The summed E-state index contributed by atoms with van der Waals surface area (Å²) in [6.07, 6.45) is 6.46. The van der Waals surface area contributed by atoms with Crippen LogP contribution in [0.1, 0.15) is 55.8 Å². The maximum atomic E-state index is 13.6. The summed E-state index contributed by atoms with van der Waals surface area (Å²) >= 11 is 0. The minimum atomic E-state index is -0.959. The number of rotatable bonds is 10. The number of hydrogen-bond donors (Lipinski definition) is 3. The average Bonchev–Trinajstić information content (AvgIpc) is 3.26. The molecule has 2 aromatic heterocycles. The number of esters is 1. The molecule has 0 radical (unpaired) electrons. The third-order valence-electron chi connectivity index (χ3n) is 6.65. The highest BCUT2D eigenvalue weighted by molar-refractivity contribution is 6.01. The lowest BCUT2D eigenvalue weighted by molar-refractivity contribution is -0.141. The summed E-state index contributed by atoms with van der Waals surface area (Å²) < 4.78 is 20.3. The number of carbonyl (C=O) groups excluding carboxylic acids is 2. The zero-order valence-corrected chi connectivity index (χ0v) is 20.7. The zero-order chi connectivity index (χ0) is 26.4. The van der Waals surface area contributed by atoms with E-state index in [4.69, 9.17) is 4.74 Å². The van der Waals surface area contributed by atoms with Gasteiger partial charge in [-0.2, -0.15) is 0 Å². The van der Waals surface area contributed by atoms with Gasteiger partial charge in [0.2, 0.25) is 0 Å². The lowest BCUT2D eigenvalue weighted by Crippen LogP contribution is -2.42. The van der Waals surface area contributed by atoms with E-state index in [1.807, 2.05) is 0 Å². The fourth-order valence-corrected chi connectivity index (χ4v) is 4.90. The van der Waals surface area contributed by atoms with Gasteiger partial charge in [-0.3, -0.25) is 18.8 Å². The summed E-state index contributed by atoms with van der Waals surface area (Å²) in [6.45, 7) is 1.82. The topological polar surface area (TPSA) is 122 Å². The third kappa shape index (κ3) is 6.25. The van der Waals surface area contributed by atoms with Crippen molar-refractivity contribution in [3.05, 3.63) is 54.0 Å². The second-order valence-electron chi connectivity index (χ2n) is 9.17. The SMILES string of the molecule is CCOC(=O)CNc1c(-c2ccc(F)cc2)nc2c(C(=O)NC(CC(=O)O)C3CCCCC3)cccn12. The Morgan fingerprint density at radius 3 is 2.57 bits per heavy atom. The molecular formula is C27H31FN4O5. The van der Waals surface area contributed by atoms with E-state index in [0.717, 1.165) is 32.1 Å². The number of amides is 1. The van der Waals surface area contributed by atoms with Crippen molar-refractivity contribution in [3.63, 3.8) is 0 Å². The zero-order valence-electron chi connectivity index (χ0n) is 20.7. The number of carboxylic acids is 1. The van der Waals surface area contributed by atoms with Gasteiger partial charge in [-0.25, -0.2) is 9.37 Å². The van der Waals surface area contributed by atoms with Crippen molar-refractivity contribution in [2.75, 3.05) is 18.5 Å². The van der Waals surface area contributed by atoms with Crippen LogP contribution in [0.4, 0.5) is 10.2 Å². The minimum Gasteiger partial charge on any atom is -0.481 e. The molecule has 3 aromatic rings. The Hall–Kier alpha value is -3.95. The monoisotopic (exact) mass is 510 g/mol. The molecule has 2 heterocycles. The van der Waals surface area contributed by atoms with Crippen molar-refractivity contribution >= 4 is 29.3 Å². The van der Waals surface area contributed by atoms with Crippen molar-refractivity contribution < 1.29 is 28.6 Å². The Balaban J connectivity index is 1.70. The molecule has 196 valence electrons. The van der Waals surface area contributed by atoms with Gasteiger partial charge in [0, 0.05) is 17.8 Å². The van der Waals surface area contributed by atoms with Gasteiger partial charge in [0.05, 0.1) is 18.6 Å². The second kappa shape index (κ2) is 11.9. The smallest absolute Gasteiger partial charge is 0.325 e. The molecule has 1 atom stereocenters. The first-order chi connectivity index (χ1) is 17.9. The molecule has 0 bridgehead atoms. The molecule has 1 aromatic carbocycles. The van der Waals surface area contributed by atoms with Gasteiger partial charge in [0.25, 0.3) is 5.91 Å². The molecular weight excluding hydrogens is 479 g/mol. The van der Waals surface area contributed by atoms with E-state index in [9.17, 15) is 23.9 Å². The number of fused-ring (bicyclic) bond motifs is 1. The molecule has 37 heavy (non-hydrogen) atoms. The van der Waals surface area contributed by atoms with Crippen LogP contribution in [0.2, 0.25) is 0 Å². The number of imidazole rings is 1. The summed E-state index contributed by atoms with van der Waals surface area (Å²) in [5, 5.41) is 15.5. The maximum absolute atomic E-state index is 13.6. The number of ether oxygens (including phenoxy) is 1. The number of nitrogens with one attached hydrogen (secondary N) is 2. The van der Waals surface area contributed by atoms with Gasteiger partial charge in [-0.05, 0) is 62.1 Å². The Bertz CT molecular complexity index is 1270. The number of anilines is 1. The van der Waals surface area contributed by atoms with Gasteiger partial charge in [0.1, 0.15) is 23.9 Å². The summed E-state index contributed by atoms with van der Waals surface area (Å²) in [7, 11) is 0. The molecule has 1 amide bonds. The molecule has 10 heteroatoms. The lowest BCUT2D eigenvalue weighted by Gasteiger charge is -2.30. The first kappa shape index (κ1) is 26.1. The van der Waals surface area contributed by atoms with Crippen molar-refractivity contribution in [1.29, 1.82) is 0 Å². The highest BCUT2D eigenvalue weighted by Gasteiger charge is 2.29. The Morgan fingerprint density at radius 2 is 1.89 bits per heavy atom. The average molecular weight is 511 g/mol. The molecule has 4 rings (SSSR count). The first-order valence-electron chi connectivity index (χ1n) is 12.6. The van der Waals surface area contributed by atoms with Crippen LogP contribution in [-0.4, -0.2) is 51.5 Å². The molecule has 3 N–H and O–H groups in total. The lowest BCUT2D eigenvalue weighted by atomic mass is 9.82. The number of benzene rings is 1. The largest absolute Gasteiger partial charge is 0.481 e. The van der Waals surface area contributed by atoms with Gasteiger partial charge in [-0.1, -0.05) is 19.3 Å². The van der Waals surface area contributed by atoms with Gasteiger partial charge in [-0.15, -0.1) is 0 Å². The highest BCUT2D eigenvalue weighted by atomic mass is 19.1. The van der Waals surface area contributed by atoms with Crippen LogP contribution >= 0.6 is 0 Å². The van der Waals surface area contributed by atoms with Crippen molar-refractivity contribution in [2.45, 2.75) is 51.5 Å². The van der Waals surface area contributed by atoms with E-state index in [1.165, 1.54) is 12.1 Å². The minimum absolute atomic E-state index is 0.102. The Kier molecular flexibility index (Phi) is 8.37. The van der Waals surface area contributed by atoms with E-state index >= 15 is 0 Å². The Morgan fingerprint density at radius 1 is 1.16 bits per heavy atom. The number of aromatic nitrogens is 2. The standard InChI is InChI=1S/C27H31FN4O5/c1-2-37-23(35)16-29-26-24(18-10-12-19(28)13-11-18)31-25-20(9-6-14-32(25)26)27(36)30-21(15-22(33)34)17-7-4-3-5-8-17/h6,9-14,17,21,29H,2-5,7-8,15-16H2,1H3,(H,30,36)(H,33,34). The summed E-state index contributed by atoms with van der Waals surface area (Å²) in [6, 6.07) is 8.57. The fraction of sp³-hybridized carbons (Fsp3) is 0.407. The Labute approximate surface area is 214 Å². The normalized spacial score (nSPS) is 14.8. The molecule has 1 aliphatic rings. The predicted octanol–water partition coefficient (Wildman–Crippen LogP) is 4.27. The quantitative estimate of drug-likeness (QED) is 0.348. The van der Waals surface area contributed by atoms with E-state index in [2.05, 4.69) is 15.6 Å². The van der Waals surface area contributed by atoms with Crippen molar-refractivity contribution in [3.8, 4) is 11.3 Å². The fourth-order valence-electron chi connectivity index (χ4n) is 4.90. The summed E-state index contributed by atoms with van der Waals surface area (Å²) in [5.41, 5.74) is 1.61. The van der Waals surface area contributed by atoms with E-state index in [1.54, 1.807) is 41.8 Å². The summed E-state index contributed by atoms with van der Waals surface area (Å²) in [5.74, 6) is -1.70. The summed E-state index contributed by atoms with van der Waals surface area (Å²) in [4.78, 5) is 41.7. The number of carbonyl (C=O) groups is 3.